The first-order valence-corrected chi connectivity index (χ1v) is 7.33. The Kier molecular flexibility index (Phi) is 3.56. The first-order chi connectivity index (χ1) is 8.29. The first-order valence-electron chi connectivity index (χ1n) is 6.51. The van der Waals surface area contributed by atoms with Crippen LogP contribution in [0.25, 0.3) is 0 Å². The lowest BCUT2D eigenvalue weighted by molar-refractivity contribution is 0.0188. The Balaban J connectivity index is 2.41. The van der Waals surface area contributed by atoms with E-state index < -0.39 is 0 Å². The van der Waals surface area contributed by atoms with Gasteiger partial charge in [-0.15, -0.1) is 11.3 Å². The van der Waals surface area contributed by atoms with Crippen molar-refractivity contribution in [2.45, 2.75) is 52.2 Å². The van der Waals surface area contributed by atoms with Crippen molar-refractivity contribution in [3.8, 4) is 0 Å². The summed E-state index contributed by atoms with van der Waals surface area (Å²) < 4.78 is 5.55. The minimum absolute atomic E-state index is 0.287. The lowest BCUT2D eigenvalue weighted by Crippen LogP contribution is -2.30. The molecular weight excluding hydrogens is 244 g/mol. The summed E-state index contributed by atoms with van der Waals surface area (Å²) in [5.41, 5.74) is 1.30. The van der Waals surface area contributed by atoms with Crippen molar-refractivity contribution in [3.63, 3.8) is 0 Å². The Hall–Kier alpha value is -0.450. The molecule has 102 valence electrons. The molecule has 0 aromatic carbocycles. The van der Waals surface area contributed by atoms with Gasteiger partial charge in [0.1, 0.15) is 10.6 Å². The molecule has 0 radical (unpaired) electrons. The molecule has 1 aliphatic carbocycles. The number of ether oxygens (including phenoxy) is 1. The highest BCUT2D eigenvalue weighted by molar-refractivity contribution is 7.12. The van der Waals surface area contributed by atoms with Crippen LogP contribution < -0.4 is 5.32 Å². The van der Waals surface area contributed by atoms with Gasteiger partial charge in [-0.25, -0.2) is 4.98 Å². The Morgan fingerprint density at radius 2 is 2.11 bits per heavy atom. The van der Waals surface area contributed by atoms with Crippen LogP contribution in [0, 0.1) is 5.41 Å². The number of fused-ring (bicyclic) bond motifs is 1. The molecule has 1 N–H and O–H groups in total. The average Bonchev–Trinajstić information content (AvgIpc) is 2.70. The number of aromatic nitrogens is 1. The third-order valence-corrected chi connectivity index (χ3v) is 5.34. The molecule has 0 aliphatic heterocycles. The summed E-state index contributed by atoms with van der Waals surface area (Å²) in [5.74, 6) is 0. The second kappa shape index (κ2) is 4.58. The van der Waals surface area contributed by atoms with Crippen LogP contribution in [0.3, 0.4) is 0 Å². The molecular formula is C14H24N2OS. The maximum absolute atomic E-state index is 5.55. The molecule has 1 heterocycles. The van der Waals surface area contributed by atoms with Crippen LogP contribution in [0.4, 0.5) is 0 Å². The predicted octanol–water partition coefficient (Wildman–Crippen LogP) is 3.26. The minimum Gasteiger partial charge on any atom is -0.372 e. The van der Waals surface area contributed by atoms with Gasteiger partial charge in [0.25, 0.3) is 0 Å². The zero-order chi connectivity index (χ0) is 13.6. The van der Waals surface area contributed by atoms with E-state index in [4.69, 9.17) is 9.72 Å². The van der Waals surface area contributed by atoms with Crippen LogP contribution in [0.5, 0.6) is 0 Å². The largest absolute Gasteiger partial charge is 0.372 e. The van der Waals surface area contributed by atoms with Gasteiger partial charge in [-0.05, 0) is 39.2 Å². The number of thiazole rings is 1. The normalized spacial score (nSPS) is 22.9. The van der Waals surface area contributed by atoms with E-state index in [0.29, 0.717) is 11.5 Å². The fourth-order valence-electron chi connectivity index (χ4n) is 2.51. The molecule has 0 bridgehead atoms. The SMILES string of the molecule is CNC1CC(C)(C)Cc2nc(C(C)(C)OC)sc21. The van der Waals surface area contributed by atoms with Crippen LogP contribution in [0.1, 0.15) is 55.7 Å². The minimum atomic E-state index is -0.287. The molecule has 3 nitrogen and oxygen atoms in total. The van der Waals surface area contributed by atoms with E-state index in [1.165, 1.54) is 17.0 Å². The van der Waals surface area contributed by atoms with E-state index in [1.807, 2.05) is 7.05 Å². The summed E-state index contributed by atoms with van der Waals surface area (Å²) in [6.07, 6.45) is 2.24. The van der Waals surface area contributed by atoms with E-state index in [-0.39, 0.29) is 5.60 Å². The molecule has 4 heteroatoms. The number of nitrogens with one attached hydrogen (secondary N) is 1. The van der Waals surface area contributed by atoms with Gasteiger partial charge >= 0.3 is 0 Å². The highest BCUT2D eigenvalue weighted by Crippen LogP contribution is 2.44. The van der Waals surface area contributed by atoms with Crippen molar-refractivity contribution >= 4 is 11.3 Å². The third-order valence-electron chi connectivity index (χ3n) is 3.82. The predicted molar refractivity (Wildman–Crippen MR) is 76.1 cm³/mol. The number of hydrogen-bond acceptors (Lipinski definition) is 4. The summed E-state index contributed by atoms with van der Waals surface area (Å²) in [5, 5.41) is 4.52. The molecule has 0 saturated carbocycles. The van der Waals surface area contributed by atoms with E-state index >= 15 is 0 Å². The fourth-order valence-corrected chi connectivity index (χ4v) is 3.78. The number of nitrogens with zero attached hydrogens (tertiary/aromatic N) is 1. The Bertz CT molecular complexity index is 437. The van der Waals surface area contributed by atoms with Gasteiger partial charge in [-0.2, -0.15) is 0 Å². The Labute approximate surface area is 114 Å². The fraction of sp³-hybridized carbons (Fsp3) is 0.786. The molecule has 1 aromatic rings. The monoisotopic (exact) mass is 268 g/mol. The molecule has 0 fully saturated rings. The third kappa shape index (κ3) is 2.46. The van der Waals surface area contributed by atoms with E-state index in [0.717, 1.165) is 11.4 Å². The van der Waals surface area contributed by atoms with Crippen molar-refractivity contribution in [3.05, 3.63) is 15.6 Å². The molecule has 18 heavy (non-hydrogen) atoms. The second-order valence-corrected chi connectivity index (χ2v) is 7.46. The van der Waals surface area contributed by atoms with Crippen LogP contribution >= 0.6 is 11.3 Å². The topological polar surface area (TPSA) is 34.2 Å². The quantitative estimate of drug-likeness (QED) is 0.913. The van der Waals surface area contributed by atoms with Gasteiger partial charge in [0.2, 0.25) is 0 Å². The van der Waals surface area contributed by atoms with E-state index in [2.05, 4.69) is 33.0 Å². The highest BCUT2D eigenvalue weighted by atomic mass is 32.1. The van der Waals surface area contributed by atoms with Crippen LogP contribution in [-0.2, 0) is 16.8 Å². The summed E-state index contributed by atoms with van der Waals surface area (Å²) in [6, 6.07) is 0.433. The first kappa shape index (κ1) is 14.0. The van der Waals surface area contributed by atoms with Crippen LogP contribution in [0.2, 0.25) is 0 Å². The Morgan fingerprint density at radius 3 is 2.67 bits per heavy atom. The zero-order valence-electron chi connectivity index (χ0n) is 12.3. The molecule has 0 spiro atoms. The maximum Gasteiger partial charge on any atom is 0.125 e. The lowest BCUT2D eigenvalue weighted by atomic mass is 9.76. The molecule has 0 amide bonds. The highest BCUT2D eigenvalue weighted by Gasteiger charge is 2.36. The number of hydrogen-bond donors (Lipinski definition) is 1. The molecule has 2 rings (SSSR count). The number of methoxy groups -OCH3 is 1. The molecule has 1 atom stereocenters. The average molecular weight is 268 g/mol. The number of rotatable bonds is 3. The van der Waals surface area contributed by atoms with Gasteiger partial charge in [0.15, 0.2) is 0 Å². The van der Waals surface area contributed by atoms with Gasteiger partial charge in [-0.1, -0.05) is 13.8 Å². The molecule has 1 unspecified atom stereocenters. The summed E-state index contributed by atoms with van der Waals surface area (Å²) in [6.45, 7) is 8.80. The van der Waals surface area contributed by atoms with Crippen LogP contribution in [-0.4, -0.2) is 19.1 Å². The van der Waals surface area contributed by atoms with Crippen molar-refractivity contribution < 1.29 is 4.74 Å². The molecule has 1 aromatic heterocycles. The maximum atomic E-state index is 5.55. The lowest BCUT2D eigenvalue weighted by Gasteiger charge is -2.34. The van der Waals surface area contributed by atoms with Gasteiger partial charge in [0, 0.05) is 18.0 Å². The van der Waals surface area contributed by atoms with Gasteiger partial charge in [0.05, 0.1) is 5.69 Å². The molecule has 1 aliphatic rings. The summed E-state index contributed by atoms with van der Waals surface area (Å²) >= 11 is 1.80. The van der Waals surface area contributed by atoms with Gasteiger partial charge in [-0.3, -0.25) is 0 Å². The van der Waals surface area contributed by atoms with Crippen LogP contribution in [0.15, 0.2) is 0 Å². The second-order valence-electron chi connectivity index (χ2n) is 6.43. The van der Waals surface area contributed by atoms with E-state index in [9.17, 15) is 0 Å². The smallest absolute Gasteiger partial charge is 0.125 e. The molecule has 0 saturated heterocycles. The van der Waals surface area contributed by atoms with Gasteiger partial charge < -0.3 is 10.1 Å². The summed E-state index contributed by atoms with van der Waals surface area (Å²) in [4.78, 5) is 6.24. The van der Waals surface area contributed by atoms with Crippen molar-refractivity contribution in [1.82, 2.24) is 10.3 Å². The summed E-state index contributed by atoms with van der Waals surface area (Å²) in [7, 11) is 3.79. The van der Waals surface area contributed by atoms with Crippen molar-refractivity contribution in [2.24, 2.45) is 5.41 Å². The van der Waals surface area contributed by atoms with Crippen molar-refractivity contribution in [2.75, 3.05) is 14.2 Å². The van der Waals surface area contributed by atoms with E-state index in [1.54, 1.807) is 18.4 Å². The van der Waals surface area contributed by atoms with Crippen molar-refractivity contribution in [1.29, 1.82) is 0 Å². The standard InChI is InChI=1S/C14H24N2OS/c1-13(2)7-9(15-5)11-10(8-13)16-12(18-11)14(3,4)17-6/h9,15H,7-8H2,1-6H3. The zero-order valence-corrected chi connectivity index (χ0v) is 13.1. The Morgan fingerprint density at radius 1 is 1.44 bits per heavy atom.